The molecule has 0 unspecified atom stereocenters. The van der Waals surface area contributed by atoms with Gasteiger partial charge in [0.1, 0.15) is 11.9 Å². The van der Waals surface area contributed by atoms with Crippen molar-refractivity contribution in [1.29, 1.82) is 0 Å². The Balaban J connectivity index is 1.64. The first-order chi connectivity index (χ1) is 18.1. The number of carbonyl (C=O) groups excluding carboxylic acids is 2. The molecule has 1 spiro atoms. The molecule has 2 heterocycles. The van der Waals surface area contributed by atoms with Crippen LogP contribution < -0.4 is 0 Å². The maximum atomic E-state index is 13.8. The topological polar surface area (TPSA) is 96.7 Å². The second-order valence-corrected chi connectivity index (χ2v) is 12.5. The van der Waals surface area contributed by atoms with Crippen LogP contribution in [-0.4, -0.2) is 39.2 Å². The van der Waals surface area contributed by atoms with E-state index < -0.39 is 35.6 Å². The summed E-state index contributed by atoms with van der Waals surface area (Å²) in [5, 5.41) is 23.4. The van der Waals surface area contributed by atoms with Crippen LogP contribution in [0.4, 0.5) is 0 Å². The highest BCUT2D eigenvalue weighted by atomic mass is 32.1. The number of cyclic esters (lactones) is 1. The van der Waals surface area contributed by atoms with Crippen LogP contribution in [0.15, 0.2) is 42.5 Å². The predicted molar refractivity (Wildman–Crippen MR) is 151 cm³/mol. The molecule has 6 nitrogen and oxygen atoms in total. The van der Waals surface area contributed by atoms with Crippen LogP contribution in [0.5, 0.6) is 0 Å². The number of aryl methyl sites for hydroxylation is 1. The molecule has 4 rings (SSSR count). The van der Waals surface area contributed by atoms with Crippen molar-refractivity contribution in [3.05, 3.63) is 53.1 Å². The summed E-state index contributed by atoms with van der Waals surface area (Å²) in [6.45, 7) is 9.84. The molecule has 0 amide bonds. The van der Waals surface area contributed by atoms with Gasteiger partial charge in [-0.05, 0) is 76.0 Å². The molecule has 0 bridgehead atoms. The van der Waals surface area contributed by atoms with E-state index in [1.54, 1.807) is 17.4 Å². The van der Waals surface area contributed by atoms with E-state index in [1.165, 1.54) is 5.57 Å². The molecule has 5 atom stereocenters. The molecule has 38 heavy (non-hydrogen) atoms. The van der Waals surface area contributed by atoms with Crippen molar-refractivity contribution >= 4 is 33.3 Å². The fourth-order valence-corrected chi connectivity index (χ4v) is 6.81. The van der Waals surface area contributed by atoms with Gasteiger partial charge in [0.2, 0.25) is 0 Å². The number of fused-ring (bicyclic) bond motifs is 1. The minimum Gasteiger partial charge on any atom is -0.457 e. The summed E-state index contributed by atoms with van der Waals surface area (Å²) in [5.41, 5.74) is 1.92. The lowest BCUT2D eigenvalue weighted by molar-refractivity contribution is -0.162. The van der Waals surface area contributed by atoms with Gasteiger partial charge in [0.05, 0.1) is 39.3 Å². The van der Waals surface area contributed by atoms with Gasteiger partial charge >= 0.3 is 5.97 Å². The molecule has 2 aromatic rings. The van der Waals surface area contributed by atoms with E-state index in [4.69, 9.17) is 4.74 Å². The average molecular weight is 540 g/mol. The van der Waals surface area contributed by atoms with E-state index in [0.29, 0.717) is 25.7 Å². The minimum absolute atomic E-state index is 0.0649. The Morgan fingerprint density at radius 2 is 1.97 bits per heavy atom. The molecule has 206 valence electrons. The van der Waals surface area contributed by atoms with Crippen LogP contribution >= 0.6 is 11.3 Å². The first-order valence-corrected chi connectivity index (χ1v) is 14.7. The molecule has 1 saturated carbocycles. The molecular weight excluding hydrogens is 498 g/mol. The number of aliphatic hydroxyl groups is 2. The number of nitrogens with zero attached hydrogens (tertiary/aromatic N) is 1. The number of allylic oxidation sites excluding steroid dienone is 2. The molecule has 0 saturated heterocycles. The normalized spacial score (nSPS) is 30.9. The summed E-state index contributed by atoms with van der Waals surface area (Å²) in [7, 11) is 0. The maximum absolute atomic E-state index is 13.8. The van der Waals surface area contributed by atoms with Crippen molar-refractivity contribution < 1.29 is 24.5 Å². The number of carbonyl (C=O) groups is 2. The van der Waals surface area contributed by atoms with Gasteiger partial charge in [0.15, 0.2) is 0 Å². The van der Waals surface area contributed by atoms with Crippen molar-refractivity contribution in [2.24, 2.45) is 17.3 Å². The number of Topliss-reactive ketones (excluding diaryl/α,β-unsaturated/α-hetero) is 1. The van der Waals surface area contributed by atoms with Gasteiger partial charge in [-0.15, -0.1) is 17.9 Å². The largest absolute Gasteiger partial charge is 0.457 e. The number of benzene rings is 1. The highest BCUT2D eigenvalue weighted by Crippen LogP contribution is 2.49. The van der Waals surface area contributed by atoms with Crippen molar-refractivity contribution in [1.82, 2.24) is 4.98 Å². The Morgan fingerprint density at radius 3 is 2.66 bits per heavy atom. The summed E-state index contributed by atoms with van der Waals surface area (Å²) in [4.78, 5) is 31.6. The number of hydrogen-bond acceptors (Lipinski definition) is 7. The number of esters is 1. The van der Waals surface area contributed by atoms with Gasteiger partial charge in [-0.3, -0.25) is 9.59 Å². The standard InChI is InChI=1S/C31H41NO5S/c1-5-8-23-29(35)20(3)10-6-9-19(2)11-13-25(22-12-14-26-24(17-22)32-21(4)38-26)37-28(34)18-27(33)31(30(23)36)15-7-16-31/h5,11-12,14,17,20,23,25,27,29,33,35H,1,6-10,13,15-16,18H2,2-4H3/b19-11-/t20-,23-,25+,27-,29+/m1/s1. The van der Waals surface area contributed by atoms with Gasteiger partial charge in [-0.2, -0.15) is 0 Å². The zero-order chi connectivity index (χ0) is 27.4. The summed E-state index contributed by atoms with van der Waals surface area (Å²) >= 11 is 1.63. The quantitative estimate of drug-likeness (QED) is 0.347. The van der Waals surface area contributed by atoms with Crippen molar-refractivity contribution in [3.8, 4) is 0 Å². The zero-order valence-corrected chi connectivity index (χ0v) is 23.6. The third-order valence-corrected chi connectivity index (χ3v) is 9.51. The lowest BCUT2D eigenvalue weighted by Gasteiger charge is -2.46. The minimum atomic E-state index is -1.15. The number of hydrogen-bond donors (Lipinski definition) is 2. The van der Waals surface area contributed by atoms with Crippen LogP contribution in [0.1, 0.15) is 88.3 Å². The highest BCUT2D eigenvalue weighted by Gasteiger charge is 2.53. The number of aromatic nitrogens is 1. The second kappa shape index (κ2) is 12.2. The molecular formula is C31H41NO5S. The molecule has 1 fully saturated rings. The molecule has 2 aliphatic rings. The SMILES string of the molecule is C=CC[C@H]1C(=O)C2(CCC2)[C@H](O)CC(=O)O[C@H](c2ccc3sc(C)nc3c2)C/C=C(/C)CCC[C@@H](C)[C@@H]1O. The van der Waals surface area contributed by atoms with E-state index in [0.717, 1.165) is 46.5 Å². The Morgan fingerprint density at radius 1 is 1.21 bits per heavy atom. The number of ether oxygens (including phenoxy) is 1. The van der Waals surface area contributed by atoms with Gasteiger partial charge in [-0.1, -0.05) is 37.1 Å². The highest BCUT2D eigenvalue weighted by molar-refractivity contribution is 7.18. The zero-order valence-electron chi connectivity index (χ0n) is 22.8. The Labute approximate surface area is 229 Å². The fourth-order valence-electron chi connectivity index (χ4n) is 6.00. The van der Waals surface area contributed by atoms with Crippen LogP contribution in [0.2, 0.25) is 0 Å². The molecule has 1 aromatic carbocycles. The second-order valence-electron chi connectivity index (χ2n) is 11.3. The first-order valence-electron chi connectivity index (χ1n) is 13.9. The number of ketones is 1. The van der Waals surface area contributed by atoms with Crippen molar-refractivity contribution in [2.45, 2.75) is 96.9 Å². The van der Waals surface area contributed by atoms with Crippen molar-refractivity contribution in [2.75, 3.05) is 0 Å². The van der Waals surface area contributed by atoms with Crippen LogP contribution in [0.3, 0.4) is 0 Å². The number of rotatable bonds is 3. The fraction of sp³-hybridized carbons (Fsp3) is 0.581. The summed E-state index contributed by atoms with van der Waals surface area (Å²) < 4.78 is 7.06. The third-order valence-electron chi connectivity index (χ3n) is 8.56. The average Bonchev–Trinajstić information content (AvgIpc) is 3.22. The van der Waals surface area contributed by atoms with Crippen LogP contribution in [0, 0.1) is 24.2 Å². The van der Waals surface area contributed by atoms with Gasteiger partial charge in [-0.25, -0.2) is 4.98 Å². The smallest absolute Gasteiger partial charge is 0.309 e. The van der Waals surface area contributed by atoms with Crippen LogP contribution in [0.25, 0.3) is 10.2 Å². The van der Waals surface area contributed by atoms with E-state index >= 15 is 0 Å². The summed E-state index contributed by atoms with van der Waals surface area (Å²) in [6.07, 6.45) is 6.31. The molecule has 0 radical (unpaired) electrons. The molecule has 1 aliphatic heterocycles. The monoisotopic (exact) mass is 539 g/mol. The summed E-state index contributed by atoms with van der Waals surface area (Å²) in [6, 6.07) is 5.98. The van der Waals surface area contributed by atoms with Gasteiger partial charge in [0.25, 0.3) is 0 Å². The Bertz CT molecular complexity index is 1200. The van der Waals surface area contributed by atoms with E-state index in [-0.39, 0.29) is 18.1 Å². The molecule has 7 heteroatoms. The predicted octanol–water partition coefficient (Wildman–Crippen LogP) is 6.39. The number of thiazole rings is 1. The van der Waals surface area contributed by atoms with E-state index in [9.17, 15) is 19.8 Å². The third kappa shape index (κ3) is 6.11. The first kappa shape index (κ1) is 28.7. The Hall–Kier alpha value is -2.35. The summed E-state index contributed by atoms with van der Waals surface area (Å²) in [5.74, 6) is -1.38. The number of aliphatic hydroxyl groups excluding tert-OH is 2. The molecule has 1 aliphatic carbocycles. The lowest BCUT2D eigenvalue weighted by atomic mass is 9.58. The van der Waals surface area contributed by atoms with Gasteiger partial charge < -0.3 is 14.9 Å². The van der Waals surface area contributed by atoms with Gasteiger partial charge in [0, 0.05) is 12.3 Å². The lowest BCUT2D eigenvalue weighted by Crippen LogP contribution is -2.53. The Kier molecular flexibility index (Phi) is 9.22. The maximum Gasteiger partial charge on any atom is 0.309 e. The van der Waals surface area contributed by atoms with E-state index in [1.807, 2.05) is 32.0 Å². The van der Waals surface area contributed by atoms with Crippen molar-refractivity contribution in [3.63, 3.8) is 0 Å². The van der Waals surface area contributed by atoms with Crippen LogP contribution in [-0.2, 0) is 14.3 Å². The molecule has 1 aromatic heterocycles. The van der Waals surface area contributed by atoms with E-state index in [2.05, 4.69) is 24.6 Å². The molecule has 2 N–H and O–H groups in total.